The first-order valence-electron chi connectivity index (χ1n) is 5.92. The van der Waals surface area contributed by atoms with Crippen LogP contribution >= 0.6 is 12.4 Å². The van der Waals surface area contributed by atoms with Crippen molar-refractivity contribution in [2.45, 2.75) is 37.9 Å². The maximum atomic E-state index is 12.8. The van der Waals surface area contributed by atoms with E-state index in [0.717, 1.165) is 31.7 Å². The van der Waals surface area contributed by atoms with Crippen LogP contribution in [0.25, 0.3) is 0 Å². The third kappa shape index (κ3) is 3.18. The van der Waals surface area contributed by atoms with Crippen LogP contribution in [0.3, 0.4) is 0 Å². The van der Waals surface area contributed by atoms with Crippen molar-refractivity contribution < 1.29 is 13.2 Å². The third-order valence-corrected chi connectivity index (χ3v) is 3.53. The van der Waals surface area contributed by atoms with Crippen molar-refractivity contribution in [3.63, 3.8) is 0 Å². The van der Waals surface area contributed by atoms with Crippen molar-refractivity contribution in [3.05, 3.63) is 35.4 Å². The van der Waals surface area contributed by atoms with E-state index in [1.807, 2.05) is 0 Å². The molecular weight excluding hydrogens is 263 g/mol. The highest BCUT2D eigenvalue weighted by molar-refractivity contribution is 5.85. The fourth-order valence-corrected chi connectivity index (χ4v) is 2.62. The van der Waals surface area contributed by atoms with Crippen LogP contribution in [0.2, 0.25) is 0 Å². The van der Waals surface area contributed by atoms with Crippen LogP contribution < -0.4 is 5.73 Å². The smallest absolute Gasteiger partial charge is 0.324 e. The van der Waals surface area contributed by atoms with Crippen LogP contribution in [-0.4, -0.2) is 0 Å². The van der Waals surface area contributed by atoms with E-state index in [4.69, 9.17) is 5.73 Å². The summed E-state index contributed by atoms with van der Waals surface area (Å²) >= 11 is 0. The second kappa shape index (κ2) is 5.93. The van der Waals surface area contributed by atoms with E-state index in [2.05, 4.69) is 0 Å². The number of hydrogen-bond donors (Lipinski definition) is 1. The van der Waals surface area contributed by atoms with Crippen molar-refractivity contribution in [3.8, 4) is 0 Å². The Bertz CT molecular complexity index is 386. The van der Waals surface area contributed by atoms with Gasteiger partial charge in [0.1, 0.15) is 0 Å². The average molecular weight is 280 g/mol. The zero-order chi connectivity index (χ0) is 12.5. The van der Waals surface area contributed by atoms with Crippen LogP contribution in [0, 0.1) is 5.92 Å². The van der Waals surface area contributed by atoms with E-state index < -0.39 is 17.8 Å². The first-order valence-corrected chi connectivity index (χ1v) is 5.92. The topological polar surface area (TPSA) is 26.0 Å². The summed E-state index contributed by atoms with van der Waals surface area (Å²) in [6, 6.07) is 5.17. The van der Waals surface area contributed by atoms with Crippen molar-refractivity contribution in [1.82, 2.24) is 0 Å². The molecule has 0 radical (unpaired) electrons. The van der Waals surface area contributed by atoms with E-state index in [-0.39, 0.29) is 23.9 Å². The van der Waals surface area contributed by atoms with E-state index in [9.17, 15) is 13.2 Å². The summed E-state index contributed by atoms with van der Waals surface area (Å²) in [6.45, 7) is 0. The second-order valence-corrected chi connectivity index (χ2v) is 4.66. The molecule has 102 valence electrons. The molecule has 1 saturated carbocycles. The Labute approximate surface area is 111 Å². The predicted octanol–water partition coefficient (Wildman–Crippen LogP) is 4.32. The summed E-state index contributed by atoms with van der Waals surface area (Å²) in [5, 5.41) is 0. The predicted molar refractivity (Wildman–Crippen MR) is 67.6 cm³/mol. The number of rotatable bonds is 2. The molecular formula is C13H17ClF3N. The Kier molecular flexibility index (Phi) is 5.05. The molecule has 1 nitrogen and oxygen atoms in total. The van der Waals surface area contributed by atoms with Gasteiger partial charge in [0, 0.05) is 6.04 Å². The maximum Gasteiger partial charge on any atom is 0.416 e. The fraction of sp³-hybridized carbons (Fsp3) is 0.538. The highest BCUT2D eigenvalue weighted by Gasteiger charge is 2.36. The molecule has 1 aliphatic carbocycles. The Morgan fingerprint density at radius 1 is 1.11 bits per heavy atom. The van der Waals surface area contributed by atoms with E-state index in [1.165, 1.54) is 12.1 Å². The van der Waals surface area contributed by atoms with Gasteiger partial charge in [-0.2, -0.15) is 13.2 Å². The summed E-state index contributed by atoms with van der Waals surface area (Å²) in [5.74, 6) is 0.193. The van der Waals surface area contributed by atoms with Gasteiger partial charge in [-0.05, 0) is 30.4 Å². The first-order chi connectivity index (χ1) is 8.00. The molecule has 2 N–H and O–H groups in total. The molecule has 0 unspecified atom stereocenters. The molecule has 0 aliphatic heterocycles. The van der Waals surface area contributed by atoms with Gasteiger partial charge in [0.25, 0.3) is 0 Å². The molecule has 0 spiro atoms. The second-order valence-electron chi connectivity index (χ2n) is 4.66. The molecule has 18 heavy (non-hydrogen) atoms. The van der Waals surface area contributed by atoms with E-state index >= 15 is 0 Å². The summed E-state index contributed by atoms with van der Waals surface area (Å²) in [7, 11) is 0. The molecule has 1 fully saturated rings. The zero-order valence-corrected chi connectivity index (χ0v) is 10.7. The van der Waals surface area contributed by atoms with Gasteiger partial charge in [-0.3, -0.25) is 0 Å². The molecule has 0 aromatic heterocycles. The summed E-state index contributed by atoms with van der Waals surface area (Å²) < 4.78 is 38.5. The molecule has 1 aromatic carbocycles. The minimum atomic E-state index is -4.31. The number of benzene rings is 1. The van der Waals surface area contributed by atoms with Crippen molar-refractivity contribution >= 4 is 12.4 Å². The van der Waals surface area contributed by atoms with Gasteiger partial charge in [-0.25, -0.2) is 0 Å². The van der Waals surface area contributed by atoms with Crippen LogP contribution in [0.4, 0.5) is 13.2 Å². The molecule has 0 heterocycles. The highest BCUT2D eigenvalue weighted by atomic mass is 35.5. The minimum absolute atomic E-state index is 0. The monoisotopic (exact) mass is 279 g/mol. The van der Waals surface area contributed by atoms with Crippen LogP contribution in [0.1, 0.15) is 42.9 Å². The van der Waals surface area contributed by atoms with Gasteiger partial charge in [0.15, 0.2) is 0 Å². The highest BCUT2D eigenvalue weighted by Crippen LogP contribution is 2.39. The lowest BCUT2D eigenvalue weighted by molar-refractivity contribution is -0.138. The fourth-order valence-electron chi connectivity index (χ4n) is 2.62. The Hall–Kier alpha value is -0.740. The van der Waals surface area contributed by atoms with Gasteiger partial charge in [-0.15, -0.1) is 12.4 Å². The summed E-state index contributed by atoms with van der Waals surface area (Å²) in [5.41, 5.74) is 5.66. The molecule has 5 heteroatoms. The number of nitrogens with two attached hydrogens (primary N) is 1. The van der Waals surface area contributed by atoms with Crippen LogP contribution in [0.15, 0.2) is 24.3 Å². The summed E-state index contributed by atoms with van der Waals surface area (Å²) in [6.07, 6.45) is -0.285. The molecule has 0 saturated heterocycles. The Balaban J connectivity index is 0.00000162. The minimum Gasteiger partial charge on any atom is -0.324 e. The zero-order valence-electron chi connectivity index (χ0n) is 9.91. The standard InChI is InChI=1S/C13H16F3N.ClH/c14-13(15,16)11-8-4-3-7-10(11)12(17)9-5-1-2-6-9;/h3-4,7-9,12H,1-2,5-6,17H2;1H/t12-;/m0./s1. The molecule has 2 rings (SSSR count). The van der Waals surface area contributed by atoms with E-state index in [1.54, 1.807) is 6.07 Å². The third-order valence-electron chi connectivity index (χ3n) is 3.53. The molecule has 1 atom stereocenters. The Morgan fingerprint density at radius 2 is 1.67 bits per heavy atom. The van der Waals surface area contributed by atoms with Gasteiger partial charge in [0.05, 0.1) is 5.56 Å². The maximum absolute atomic E-state index is 12.8. The molecule has 0 amide bonds. The van der Waals surface area contributed by atoms with E-state index in [0.29, 0.717) is 0 Å². The summed E-state index contributed by atoms with van der Waals surface area (Å²) in [4.78, 5) is 0. The SMILES string of the molecule is Cl.N[C@H](c1ccccc1C(F)(F)F)C1CCCC1. The first kappa shape index (κ1) is 15.3. The van der Waals surface area contributed by atoms with Crippen molar-refractivity contribution in [2.75, 3.05) is 0 Å². The van der Waals surface area contributed by atoms with Gasteiger partial charge in [-0.1, -0.05) is 31.0 Å². The normalized spacial score (nSPS) is 18.4. The molecule has 0 bridgehead atoms. The van der Waals surface area contributed by atoms with Gasteiger partial charge in [0.2, 0.25) is 0 Å². The van der Waals surface area contributed by atoms with Crippen molar-refractivity contribution in [2.24, 2.45) is 11.7 Å². The number of hydrogen-bond acceptors (Lipinski definition) is 1. The average Bonchev–Trinajstić information content (AvgIpc) is 2.80. The molecule has 1 aromatic rings. The lowest BCUT2D eigenvalue weighted by atomic mass is 9.89. The van der Waals surface area contributed by atoms with Gasteiger partial charge < -0.3 is 5.73 Å². The number of halogens is 4. The largest absolute Gasteiger partial charge is 0.416 e. The van der Waals surface area contributed by atoms with Crippen molar-refractivity contribution in [1.29, 1.82) is 0 Å². The van der Waals surface area contributed by atoms with Crippen LogP contribution in [-0.2, 0) is 6.18 Å². The lowest BCUT2D eigenvalue weighted by Crippen LogP contribution is -2.23. The quantitative estimate of drug-likeness (QED) is 0.857. The van der Waals surface area contributed by atoms with Gasteiger partial charge >= 0.3 is 6.18 Å². The lowest BCUT2D eigenvalue weighted by Gasteiger charge is -2.23. The Morgan fingerprint density at radius 3 is 2.22 bits per heavy atom. The molecule has 1 aliphatic rings. The van der Waals surface area contributed by atoms with Crippen LogP contribution in [0.5, 0.6) is 0 Å². The number of alkyl halides is 3.